The van der Waals surface area contributed by atoms with Gasteiger partial charge in [-0.2, -0.15) is 0 Å². The lowest BCUT2D eigenvalue weighted by atomic mass is 9.53. The van der Waals surface area contributed by atoms with Crippen molar-refractivity contribution in [2.45, 2.75) is 44.1 Å². The van der Waals surface area contributed by atoms with Crippen molar-refractivity contribution in [3.8, 4) is 0 Å². The Bertz CT molecular complexity index is 1010. The average Bonchev–Trinajstić information content (AvgIpc) is 3.16. The zero-order chi connectivity index (χ0) is 18.9. The van der Waals surface area contributed by atoms with Crippen molar-refractivity contribution in [2.24, 2.45) is 29.8 Å². The number of rotatable bonds is 2. The number of amides is 1. The van der Waals surface area contributed by atoms with Crippen molar-refractivity contribution >= 4 is 28.8 Å². The van der Waals surface area contributed by atoms with E-state index >= 15 is 0 Å². The minimum absolute atomic E-state index is 0.0583. The Morgan fingerprint density at radius 2 is 1.79 bits per heavy atom. The Hall–Kier alpha value is -2.56. The molecule has 5 aliphatic rings. The highest BCUT2D eigenvalue weighted by atomic mass is 16.2. The average molecular weight is 374 g/mol. The fourth-order valence-electron chi connectivity index (χ4n) is 6.54. The molecule has 1 aromatic carbocycles. The van der Waals surface area contributed by atoms with Crippen LogP contribution >= 0.6 is 0 Å². The van der Waals surface area contributed by atoms with Crippen LogP contribution in [0.1, 0.15) is 44.1 Å². The Labute approximate surface area is 164 Å². The molecule has 28 heavy (non-hydrogen) atoms. The highest BCUT2D eigenvalue weighted by molar-refractivity contribution is 6.15. The monoisotopic (exact) mass is 374 g/mol. The highest BCUT2D eigenvalue weighted by Gasteiger charge is 2.51. The Kier molecular flexibility index (Phi) is 3.35. The Balaban J connectivity index is 1.27. The fraction of sp³-hybridized carbons (Fsp3) is 0.478. The van der Waals surface area contributed by atoms with Gasteiger partial charge in [-0.05, 0) is 86.1 Å². The number of benzene rings is 1. The largest absolute Gasteiger partial charge is 0.351 e. The van der Waals surface area contributed by atoms with Gasteiger partial charge in [0.15, 0.2) is 0 Å². The van der Waals surface area contributed by atoms with Gasteiger partial charge in [0, 0.05) is 24.1 Å². The van der Waals surface area contributed by atoms with Gasteiger partial charge in [0.05, 0.1) is 5.54 Å². The summed E-state index contributed by atoms with van der Waals surface area (Å²) in [5.41, 5.74) is 2.85. The zero-order valence-electron chi connectivity index (χ0n) is 16.2. The van der Waals surface area contributed by atoms with Crippen LogP contribution in [0.4, 0.5) is 0 Å². The topological polar surface area (TPSA) is 58.4 Å². The third-order valence-corrected chi connectivity index (χ3v) is 7.30. The number of aromatic nitrogens is 1. The lowest BCUT2D eigenvalue weighted by Gasteiger charge is -2.54. The van der Waals surface area contributed by atoms with Gasteiger partial charge in [-0.15, -0.1) is 0 Å². The Morgan fingerprint density at radius 3 is 2.50 bits per heavy atom. The number of aliphatic imine (C=N–C) groups is 1. The molecule has 1 aromatic heterocycles. The number of nitrogens with one attached hydrogen (secondary N) is 2. The summed E-state index contributed by atoms with van der Waals surface area (Å²) in [6, 6.07) is 8.36. The van der Waals surface area contributed by atoms with E-state index in [1.807, 2.05) is 13.1 Å². The molecule has 5 fully saturated rings. The van der Waals surface area contributed by atoms with Gasteiger partial charge in [0.2, 0.25) is 5.96 Å². The molecule has 4 saturated carbocycles. The molecule has 1 amide bonds. The predicted molar refractivity (Wildman–Crippen MR) is 111 cm³/mol. The quantitative estimate of drug-likeness (QED) is 0.790. The molecule has 2 N–H and O–H groups in total. The molecule has 7 rings (SSSR count). The minimum atomic E-state index is -0.0864. The van der Waals surface area contributed by atoms with Crippen LogP contribution in [0, 0.1) is 17.8 Å². The molecule has 2 heterocycles. The number of hydrogen-bond donors (Lipinski definition) is 2. The molecule has 0 unspecified atom stereocenters. The van der Waals surface area contributed by atoms with Crippen molar-refractivity contribution in [2.75, 3.05) is 0 Å². The second kappa shape index (κ2) is 5.72. The molecule has 0 atom stereocenters. The minimum Gasteiger partial charge on any atom is -0.351 e. The first-order valence-corrected chi connectivity index (χ1v) is 10.5. The van der Waals surface area contributed by atoms with Gasteiger partial charge >= 0.3 is 0 Å². The predicted octanol–water partition coefficient (Wildman–Crippen LogP) is 3.56. The van der Waals surface area contributed by atoms with E-state index in [1.54, 1.807) is 0 Å². The molecule has 1 aliphatic heterocycles. The van der Waals surface area contributed by atoms with Crippen molar-refractivity contribution < 1.29 is 4.79 Å². The third kappa shape index (κ3) is 2.60. The molecule has 4 bridgehead atoms. The van der Waals surface area contributed by atoms with Crippen molar-refractivity contribution in [1.82, 2.24) is 15.2 Å². The van der Waals surface area contributed by atoms with Crippen LogP contribution in [-0.4, -0.2) is 22.0 Å². The van der Waals surface area contributed by atoms with Gasteiger partial charge in [-0.1, -0.05) is 6.07 Å². The van der Waals surface area contributed by atoms with Gasteiger partial charge in [0.1, 0.15) is 5.70 Å². The fourth-order valence-corrected chi connectivity index (χ4v) is 6.54. The number of carbonyl (C=O) groups excluding carboxylic acids is 1. The maximum atomic E-state index is 12.5. The lowest BCUT2D eigenvalue weighted by Crippen LogP contribution is -2.50. The standard InChI is InChI=1S/C23H26N4O/c1-27-5-4-18-9-14(2-3-20(18)27)10-19-21(28)25-22(24-19)26-23-11-15-6-16(12-23)8-17(7-15)13-23/h2-5,9-10,15-17H,6-8,11-13H2,1H3,(H2,24,25,26,28)/b19-10-. The summed E-state index contributed by atoms with van der Waals surface area (Å²) in [6.45, 7) is 0. The number of fused-ring (bicyclic) bond motifs is 1. The van der Waals surface area contributed by atoms with Gasteiger partial charge in [-0.3, -0.25) is 10.1 Å². The van der Waals surface area contributed by atoms with Crippen LogP contribution in [0.2, 0.25) is 0 Å². The first kappa shape index (κ1) is 16.4. The number of hydrogen-bond acceptors (Lipinski definition) is 2. The smallest absolute Gasteiger partial charge is 0.274 e. The van der Waals surface area contributed by atoms with Crippen LogP contribution in [0.3, 0.4) is 0 Å². The maximum Gasteiger partial charge on any atom is 0.274 e. The van der Waals surface area contributed by atoms with E-state index in [0.717, 1.165) is 23.3 Å². The first-order valence-electron chi connectivity index (χ1n) is 10.5. The van der Waals surface area contributed by atoms with E-state index in [4.69, 9.17) is 4.99 Å². The summed E-state index contributed by atoms with van der Waals surface area (Å²) in [5.74, 6) is 3.11. The molecule has 4 aliphatic carbocycles. The molecule has 5 nitrogen and oxygen atoms in total. The van der Waals surface area contributed by atoms with Crippen LogP contribution < -0.4 is 10.6 Å². The van der Waals surface area contributed by atoms with Crippen LogP contribution in [0.25, 0.3) is 17.0 Å². The number of guanidine groups is 1. The molecule has 0 radical (unpaired) electrons. The SMILES string of the molecule is Cn1ccc2cc(/C=C3\NC(=NC45CC6CC(CC(C6)C4)C5)NC3=O)ccc21. The van der Waals surface area contributed by atoms with Gasteiger partial charge < -0.3 is 9.88 Å². The van der Waals surface area contributed by atoms with Crippen LogP contribution in [0.15, 0.2) is 41.2 Å². The van der Waals surface area contributed by atoms with E-state index in [0.29, 0.717) is 11.7 Å². The molecule has 2 aromatic rings. The second-order valence-corrected chi connectivity index (χ2v) is 9.48. The second-order valence-electron chi connectivity index (χ2n) is 9.48. The first-order chi connectivity index (χ1) is 13.6. The molecule has 5 heteroatoms. The third-order valence-electron chi connectivity index (χ3n) is 7.30. The molecule has 144 valence electrons. The summed E-state index contributed by atoms with van der Waals surface area (Å²) < 4.78 is 2.10. The highest BCUT2D eigenvalue weighted by Crippen LogP contribution is 2.57. The van der Waals surface area contributed by atoms with Gasteiger partial charge in [-0.25, -0.2) is 4.99 Å². The van der Waals surface area contributed by atoms with Crippen molar-refractivity contribution in [3.05, 3.63) is 41.7 Å². The van der Waals surface area contributed by atoms with Crippen molar-refractivity contribution in [1.29, 1.82) is 0 Å². The summed E-state index contributed by atoms with van der Waals surface area (Å²) in [4.78, 5) is 17.6. The number of carbonyl (C=O) groups is 1. The molecular weight excluding hydrogens is 348 g/mol. The van der Waals surface area contributed by atoms with Gasteiger partial charge in [0.25, 0.3) is 5.91 Å². The number of aryl methyl sites for hydroxylation is 1. The van der Waals surface area contributed by atoms with E-state index in [9.17, 15) is 4.79 Å². The normalized spacial score (nSPS) is 36.5. The maximum absolute atomic E-state index is 12.5. The summed E-state index contributed by atoms with van der Waals surface area (Å²) in [6.07, 6.45) is 11.8. The zero-order valence-corrected chi connectivity index (χ0v) is 16.2. The van der Waals surface area contributed by atoms with E-state index in [1.165, 1.54) is 49.4 Å². The number of nitrogens with zero attached hydrogens (tertiary/aromatic N) is 2. The van der Waals surface area contributed by atoms with E-state index < -0.39 is 0 Å². The summed E-state index contributed by atoms with van der Waals surface area (Å²) >= 11 is 0. The van der Waals surface area contributed by atoms with Crippen LogP contribution in [-0.2, 0) is 11.8 Å². The molecule has 0 spiro atoms. The molecular formula is C23H26N4O. The molecule has 1 saturated heterocycles. The lowest BCUT2D eigenvalue weighted by molar-refractivity contribution is -0.115. The van der Waals surface area contributed by atoms with Crippen molar-refractivity contribution in [3.63, 3.8) is 0 Å². The summed E-state index contributed by atoms with van der Waals surface area (Å²) in [7, 11) is 2.04. The summed E-state index contributed by atoms with van der Waals surface area (Å²) in [5, 5.41) is 7.41. The van der Waals surface area contributed by atoms with E-state index in [-0.39, 0.29) is 11.4 Å². The Morgan fingerprint density at radius 1 is 1.07 bits per heavy atom. The van der Waals surface area contributed by atoms with Crippen LogP contribution in [0.5, 0.6) is 0 Å². The van der Waals surface area contributed by atoms with E-state index in [2.05, 4.69) is 45.7 Å².